The minimum absolute atomic E-state index is 0.169. The number of hydrogen-bond donors (Lipinski definition) is 1. The third kappa shape index (κ3) is 5.37. The van der Waals surface area contributed by atoms with Gasteiger partial charge in [0.2, 0.25) is 0 Å². The van der Waals surface area contributed by atoms with Crippen molar-refractivity contribution < 1.29 is 18.3 Å². The standard InChI is InChI=1S/C25H21F2N3O2/c26-21-10-11-24(23(27)14-21)32-17-25(31)28-15-20-4-1-2-5-22(20)19-8-6-18(7-9-19)16-30-13-3-12-29-30/h1-14H,15-17H2,(H,28,31). The molecule has 0 unspecified atom stereocenters. The number of halogens is 2. The molecule has 0 aliphatic rings. The van der Waals surface area contributed by atoms with Crippen molar-refractivity contribution in [2.45, 2.75) is 13.1 Å². The van der Waals surface area contributed by atoms with Crippen LogP contribution >= 0.6 is 0 Å². The van der Waals surface area contributed by atoms with Gasteiger partial charge in [-0.05, 0) is 40.5 Å². The second-order valence-corrected chi connectivity index (χ2v) is 7.20. The lowest BCUT2D eigenvalue weighted by Crippen LogP contribution is -2.28. The van der Waals surface area contributed by atoms with E-state index < -0.39 is 17.5 Å². The van der Waals surface area contributed by atoms with Crippen molar-refractivity contribution in [3.05, 3.63) is 108 Å². The summed E-state index contributed by atoms with van der Waals surface area (Å²) in [7, 11) is 0. The van der Waals surface area contributed by atoms with E-state index in [1.54, 1.807) is 6.20 Å². The average Bonchev–Trinajstić information content (AvgIpc) is 3.31. The molecule has 32 heavy (non-hydrogen) atoms. The van der Waals surface area contributed by atoms with Crippen molar-refractivity contribution in [1.29, 1.82) is 0 Å². The molecule has 1 aromatic heterocycles. The van der Waals surface area contributed by atoms with Crippen molar-refractivity contribution in [3.63, 3.8) is 0 Å². The van der Waals surface area contributed by atoms with Crippen LogP contribution in [0.5, 0.6) is 5.75 Å². The zero-order valence-electron chi connectivity index (χ0n) is 17.2. The first kappa shape index (κ1) is 21.2. The Morgan fingerprint density at radius 2 is 1.81 bits per heavy atom. The summed E-state index contributed by atoms with van der Waals surface area (Å²) in [6.07, 6.45) is 3.67. The minimum atomic E-state index is -0.848. The third-order valence-electron chi connectivity index (χ3n) is 4.91. The van der Waals surface area contributed by atoms with E-state index >= 15 is 0 Å². The van der Waals surface area contributed by atoms with E-state index in [9.17, 15) is 13.6 Å². The fraction of sp³-hybridized carbons (Fsp3) is 0.120. The zero-order valence-corrected chi connectivity index (χ0v) is 17.2. The number of rotatable bonds is 8. The van der Waals surface area contributed by atoms with Crippen LogP contribution in [0.15, 0.2) is 85.2 Å². The summed E-state index contributed by atoms with van der Waals surface area (Å²) >= 11 is 0. The lowest BCUT2D eigenvalue weighted by atomic mass is 9.98. The number of nitrogens with one attached hydrogen (secondary N) is 1. The molecule has 0 saturated carbocycles. The number of benzene rings is 3. The van der Waals surface area contributed by atoms with Crippen LogP contribution in [-0.2, 0) is 17.9 Å². The van der Waals surface area contributed by atoms with Crippen LogP contribution in [-0.4, -0.2) is 22.3 Å². The van der Waals surface area contributed by atoms with Crippen molar-refractivity contribution in [3.8, 4) is 16.9 Å². The lowest BCUT2D eigenvalue weighted by Gasteiger charge is -2.12. The van der Waals surface area contributed by atoms with E-state index in [1.165, 1.54) is 0 Å². The summed E-state index contributed by atoms with van der Waals surface area (Å²) in [6.45, 7) is 0.617. The maximum Gasteiger partial charge on any atom is 0.258 e. The molecule has 0 spiro atoms. The van der Waals surface area contributed by atoms with Gasteiger partial charge in [-0.15, -0.1) is 0 Å². The van der Waals surface area contributed by atoms with Crippen molar-refractivity contribution >= 4 is 5.91 Å². The monoisotopic (exact) mass is 433 g/mol. The van der Waals surface area contributed by atoms with Gasteiger partial charge in [0.05, 0.1) is 6.54 Å². The first-order chi connectivity index (χ1) is 15.6. The Kier molecular flexibility index (Phi) is 6.55. The summed E-state index contributed by atoms with van der Waals surface area (Å²) in [5.41, 5.74) is 4.11. The van der Waals surface area contributed by atoms with Gasteiger partial charge in [-0.25, -0.2) is 8.78 Å². The van der Waals surface area contributed by atoms with Crippen LogP contribution in [0.3, 0.4) is 0 Å². The number of hydrogen-bond acceptors (Lipinski definition) is 3. The fourth-order valence-electron chi connectivity index (χ4n) is 3.31. The molecule has 0 atom stereocenters. The van der Waals surface area contributed by atoms with E-state index in [1.807, 2.05) is 53.3 Å². The zero-order chi connectivity index (χ0) is 22.3. The molecule has 0 fully saturated rings. The number of ether oxygens (including phenoxy) is 1. The highest BCUT2D eigenvalue weighted by atomic mass is 19.1. The molecule has 162 valence electrons. The molecule has 0 saturated heterocycles. The number of amides is 1. The molecule has 1 amide bonds. The fourth-order valence-corrected chi connectivity index (χ4v) is 3.31. The quantitative estimate of drug-likeness (QED) is 0.443. The summed E-state index contributed by atoms with van der Waals surface area (Å²) in [5, 5.41) is 7.00. The highest BCUT2D eigenvalue weighted by Gasteiger charge is 2.10. The molecule has 0 aliphatic heterocycles. The normalized spacial score (nSPS) is 10.7. The van der Waals surface area contributed by atoms with Gasteiger partial charge >= 0.3 is 0 Å². The Balaban J connectivity index is 1.37. The molecule has 1 heterocycles. The van der Waals surface area contributed by atoms with Crippen LogP contribution in [0.4, 0.5) is 8.78 Å². The van der Waals surface area contributed by atoms with Gasteiger partial charge in [0.15, 0.2) is 18.2 Å². The van der Waals surface area contributed by atoms with Crippen molar-refractivity contribution in [1.82, 2.24) is 15.1 Å². The Morgan fingerprint density at radius 3 is 2.56 bits per heavy atom. The summed E-state index contributed by atoms with van der Waals surface area (Å²) < 4.78 is 33.6. The molecular weight excluding hydrogens is 412 g/mol. The van der Waals surface area contributed by atoms with Crippen LogP contribution in [0.25, 0.3) is 11.1 Å². The topological polar surface area (TPSA) is 56.1 Å². The SMILES string of the molecule is O=C(COc1ccc(F)cc1F)NCc1ccccc1-c1ccc(Cn2cccn2)cc1. The smallest absolute Gasteiger partial charge is 0.258 e. The highest BCUT2D eigenvalue weighted by Crippen LogP contribution is 2.24. The number of carbonyl (C=O) groups excluding carboxylic acids is 1. The summed E-state index contributed by atoms with van der Waals surface area (Å²) in [6, 6.07) is 20.8. The Morgan fingerprint density at radius 1 is 1.00 bits per heavy atom. The molecule has 0 aliphatic carbocycles. The minimum Gasteiger partial charge on any atom is -0.481 e. The van der Waals surface area contributed by atoms with Crippen LogP contribution < -0.4 is 10.1 Å². The molecule has 0 bridgehead atoms. The molecular formula is C25H21F2N3O2. The predicted octanol–water partition coefficient (Wildman–Crippen LogP) is 4.57. The molecule has 1 N–H and O–H groups in total. The number of aromatic nitrogens is 2. The van der Waals surface area contributed by atoms with Gasteiger partial charge in [0.1, 0.15) is 5.82 Å². The third-order valence-corrected chi connectivity index (χ3v) is 4.91. The Labute approximate surface area is 184 Å². The average molecular weight is 433 g/mol. The van der Waals surface area contributed by atoms with Crippen molar-refractivity contribution in [2.75, 3.05) is 6.61 Å². The number of carbonyl (C=O) groups is 1. The van der Waals surface area contributed by atoms with Crippen LogP contribution in [0.2, 0.25) is 0 Å². The van der Waals surface area contributed by atoms with Gasteiger partial charge in [-0.1, -0.05) is 48.5 Å². The largest absolute Gasteiger partial charge is 0.481 e. The van der Waals surface area contributed by atoms with Crippen LogP contribution in [0, 0.1) is 11.6 Å². The molecule has 5 nitrogen and oxygen atoms in total. The van der Waals surface area contributed by atoms with E-state index in [-0.39, 0.29) is 12.4 Å². The predicted molar refractivity (Wildman–Crippen MR) is 117 cm³/mol. The van der Waals surface area contributed by atoms with E-state index in [0.717, 1.165) is 34.4 Å². The molecule has 4 aromatic rings. The van der Waals surface area contributed by atoms with Gasteiger partial charge < -0.3 is 10.1 Å². The van der Waals surface area contributed by atoms with Gasteiger partial charge in [0.25, 0.3) is 5.91 Å². The van der Waals surface area contributed by atoms with E-state index in [4.69, 9.17) is 4.74 Å². The number of nitrogens with zero attached hydrogens (tertiary/aromatic N) is 2. The first-order valence-electron chi connectivity index (χ1n) is 10.1. The Hall–Kier alpha value is -4.00. The van der Waals surface area contributed by atoms with E-state index in [0.29, 0.717) is 19.2 Å². The second kappa shape index (κ2) is 9.87. The molecule has 0 radical (unpaired) electrons. The maximum absolute atomic E-state index is 13.6. The van der Waals surface area contributed by atoms with Crippen LogP contribution in [0.1, 0.15) is 11.1 Å². The lowest BCUT2D eigenvalue weighted by molar-refractivity contribution is -0.123. The first-order valence-corrected chi connectivity index (χ1v) is 10.1. The maximum atomic E-state index is 13.6. The summed E-state index contributed by atoms with van der Waals surface area (Å²) in [5.74, 6) is -2.13. The summed E-state index contributed by atoms with van der Waals surface area (Å²) in [4.78, 5) is 12.2. The van der Waals surface area contributed by atoms with Gasteiger partial charge in [-0.2, -0.15) is 5.10 Å². The molecule has 7 heteroatoms. The Bertz CT molecular complexity index is 1190. The molecule has 3 aromatic carbocycles. The molecule has 4 rings (SSSR count). The van der Waals surface area contributed by atoms with E-state index in [2.05, 4.69) is 22.5 Å². The highest BCUT2D eigenvalue weighted by molar-refractivity contribution is 5.78. The van der Waals surface area contributed by atoms with Gasteiger partial charge in [-0.3, -0.25) is 9.48 Å². The van der Waals surface area contributed by atoms with Gasteiger partial charge in [0, 0.05) is 25.0 Å². The van der Waals surface area contributed by atoms with Crippen molar-refractivity contribution in [2.24, 2.45) is 0 Å². The second-order valence-electron chi connectivity index (χ2n) is 7.20.